The summed E-state index contributed by atoms with van der Waals surface area (Å²) < 4.78 is 5.58. The van der Waals surface area contributed by atoms with Crippen LogP contribution in [0.15, 0.2) is 0 Å². The maximum Gasteiger partial charge on any atom is 0.236 e. The van der Waals surface area contributed by atoms with E-state index in [1.54, 1.807) is 7.05 Å². The van der Waals surface area contributed by atoms with Crippen molar-refractivity contribution >= 4 is 5.91 Å². The summed E-state index contributed by atoms with van der Waals surface area (Å²) in [5.74, 6) is 0.640. The van der Waals surface area contributed by atoms with Crippen LogP contribution in [0, 0.1) is 5.92 Å². The van der Waals surface area contributed by atoms with Crippen LogP contribution in [-0.2, 0) is 9.53 Å². The Balaban J connectivity index is 2.43. The molecule has 0 aromatic rings. The highest BCUT2D eigenvalue weighted by Crippen LogP contribution is 2.13. The molecule has 0 bridgehead atoms. The molecule has 1 atom stereocenters. The smallest absolute Gasteiger partial charge is 0.236 e. The van der Waals surface area contributed by atoms with Crippen molar-refractivity contribution in [2.24, 2.45) is 5.92 Å². The fraction of sp³-hybridized carbons (Fsp3) is 0.900. The summed E-state index contributed by atoms with van der Waals surface area (Å²) in [6.45, 7) is 6.79. The third kappa shape index (κ3) is 2.96. The fourth-order valence-corrected chi connectivity index (χ4v) is 1.57. The largest absolute Gasteiger partial charge is 0.374 e. The second kappa shape index (κ2) is 5.32. The normalized spacial score (nSPS) is 22.9. The maximum absolute atomic E-state index is 11.6. The predicted molar refractivity (Wildman–Crippen MR) is 55.1 cm³/mol. The molecule has 82 valence electrons. The molecule has 0 aromatic heterocycles. The number of likely N-dealkylation sites (N-methyl/N-ethyl adjacent to an activating group) is 1. The van der Waals surface area contributed by atoms with Crippen LogP contribution in [-0.4, -0.2) is 50.2 Å². The molecule has 0 spiro atoms. The molecule has 1 aliphatic heterocycles. The molecule has 0 aliphatic carbocycles. The molecule has 1 rings (SSSR count). The monoisotopic (exact) mass is 200 g/mol. The van der Waals surface area contributed by atoms with E-state index in [9.17, 15) is 4.79 Å². The first-order chi connectivity index (χ1) is 6.65. The predicted octanol–water partition coefficient (Wildman–Crippen LogP) is 0.0892. The molecule has 1 N–H and O–H groups in total. The van der Waals surface area contributed by atoms with Crippen molar-refractivity contribution in [2.45, 2.75) is 20.0 Å². The van der Waals surface area contributed by atoms with Crippen LogP contribution in [0.1, 0.15) is 13.8 Å². The number of carbonyl (C=O) groups excluding carboxylic acids is 1. The second-order valence-corrected chi connectivity index (χ2v) is 4.02. The third-order valence-corrected chi connectivity index (χ3v) is 2.52. The molecule has 1 amide bonds. The van der Waals surface area contributed by atoms with Gasteiger partial charge in [0.2, 0.25) is 5.91 Å². The van der Waals surface area contributed by atoms with E-state index in [-0.39, 0.29) is 12.0 Å². The lowest BCUT2D eigenvalue weighted by Gasteiger charge is -2.34. The van der Waals surface area contributed by atoms with Gasteiger partial charge in [-0.25, -0.2) is 0 Å². The van der Waals surface area contributed by atoms with Gasteiger partial charge in [0.25, 0.3) is 0 Å². The molecular weight excluding hydrogens is 180 g/mol. The van der Waals surface area contributed by atoms with Gasteiger partial charge in [-0.2, -0.15) is 0 Å². The number of nitrogens with one attached hydrogen (secondary N) is 1. The summed E-state index contributed by atoms with van der Waals surface area (Å²) >= 11 is 0. The van der Waals surface area contributed by atoms with Crippen molar-refractivity contribution in [2.75, 3.05) is 33.3 Å². The Labute approximate surface area is 85.6 Å². The highest BCUT2D eigenvalue weighted by atomic mass is 16.5. The van der Waals surface area contributed by atoms with Gasteiger partial charge in [-0.1, -0.05) is 13.8 Å². The van der Waals surface area contributed by atoms with Gasteiger partial charge in [0.1, 0.15) is 0 Å². The van der Waals surface area contributed by atoms with Gasteiger partial charge in [-0.05, 0) is 13.0 Å². The van der Waals surface area contributed by atoms with E-state index < -0.39 is 0 Å². The van der Waals surface area contributed by atoms with Crippen LogP contribution in [0.4, 0.5) is 0 Å². The molecule has 1 fully saturated rings. The van der Waals surface area contributed by atoms with E-state index in [1.165, 1.54) is 0 Å². The van der Waals surface area contributed by atoms with Crippen molar-refractivity contribution in [3.8, 4) is 0 Å². The number of hydrogen-bond donors (Lipinski definition) is 1. The SMILES string of the molecule is CNCC(=O)N1CCOC(C(C)C)C1. The third-order valence-electron chi connectivity index (χ3n) is 2.52. The summed E-state index contributed by atoms with van der Waals surface area (Å²) in [5.41, 5.74) is 0. The minimum atomic E-state index is 0.168. The van der Waals surface area contributed by atoms with Gasteiger partial charge < -0.3 is 15.0 Å². The molecule has 14 heavy (non-hydrogen) atoms. The number of nitrogens with zero attached hydrogens (tertiary/aromatic N) is 1. The molecule has 4 heteroatoms. The molecule has 4 nitrogen and oxygen atoms in total. The fourth-order valence-electron chi connectivity index (χ4n) is 1.57. The van der Waals surface area contributed by atoms with E-state index >= 15 is 0 Å². The van der Waals surface area contributed by atoms with Gasteiger partial charge in [-0.15, -0.1) is 0 Å². The lowest BCUT2D eigenvalue weighted by atomic mass is 10.1. The first-order valence-corrected chi connectivity index (χ1v) is 5.19. The average molecular weight is 200 g/mol. The van der Waals surface area contributed by atoms with Crippen molar-refractivity contribution in [1.82, 2.24) is 10.2 Å². The van der Waals surface area contributed by atoms with Crippen molar-refractivity contribution in [1.29, 1.82) is 0 Å². The summed E-state index contributed by atoms with van der Waals surface area (Å²) in [6.07, 6.45) is 0.199. The quantitative estimate of drug-likeness (QED) is 0.702. The zero-order chi connectivity index (χ0) is 10.6. The summed E-state index contributed by atoms with van der Waals surface area (Å²) in [7, 11) is 1.79. The van der Waals surface area contributed by atoms with Crippen molar-refractivity contribution in [3.63, 3.8) is 0 Å². The Morgan fingerprint density at radius 3 is 2.93 bits per heavy atom. The number of hydrogen-bond acceptors (Lipinski definition) is 3. The molecule has 0 saturated carbocycles. The van der Waals surface area contributed by atoms with Crippen LogP contribution in [0.3, 0.4) is 0 Å². The second-order valence-electron chi connectivity index (χ2n) is 4.02. The Hall–Kier alpha value is -0.610. The van der Waals surface area contributed by atoms with Gasteiger partial charge >= 0.3 is 0 Å². The lowest BCUT2D eigenvalue weighted by molar-refractivity contribution is -0.139. The van der Waals surface area contributed by atoms with Crippen LogP contribution < -0.4 is 5.32 Å². The Morgan fingerprint density at radius 1 is 1.64 bits per heavy atom. The minimum absolute atomic E-state index is 0.168. The zero-order valence-corrected chi connectivity index (χ0v) is 9.25. The topological polar surface area (TPSA) is 41.6 Å². The number of rotatable bonds is 3. The molecule has 1 unspecified atom stereocenters. The number of carbonyl (C=O) groups is 1. The molecule has 1 heterocycles. The zero-order valence-electron chi connectivity index (χ0n) is 9.25. The molecular formula is C10H20N2O2. The summed E-state index contributed by atoms with van der Waals surface area (Å²) in [6, 6.07) is 0. The Kier molecular flexibility index (Phi) is 4.35. The van der Waals surface area contributed by atoms with Crippen LogP contribution >= 0.6 is 0 Å². The molecule has 0 aromatic carbocycles. The number of amides is 1. The van der Waals surface area contributed by atoms with Crippen molar-refractivity contribution < 1.29 is 9.53 Å². The van der Waals surface area contributed by atoms with E-state index in [1.807, 2.05) is 4.90 Å². The highest BCUT2D eigenvalue weighted by molar-refractivity contribution is 5.78. The number of ether oxygens (including phenoxy) is 1. The average Bonchev–Trinajstić information content (AvgIpc) is 2.18. The van der Waals surface area contributed by atoms with E-state index in [2.05, 4.69) is 19.2 Å². The van der Waals surface area contributed by atoms with Gasteiger partial charge in [0.15, 0.2) is 0 Å². The van der Waals surface area contributed by atoms with E-state index in [4.69, 9.17) is 4.74 Å². The van der Waals surface area contributed by atoms with Crippen LogP contribution in [0.5, 0.6) is 0 Å². The molecule has 1 saturated heterocycles. The Morgan fingerprint density at radius 2 is 2.36 bits per heavy atom. The molecule has 0 radical (unpaired) electrons. The summed E-state index contributed by atoms with van der Waals surface area (Å²) in [4.78, 5) is 13.5. The van der Waals surface area contributed by atoms with Gasteiger partial charge in [0.05, 0.1) is 19.3 Å². The van der Waals surface area contributed by atoms with Crippen LogP contribution in [0.25, 0.3) is 0 Å². The van der Waals surface area contributed by atoms with E-state index in [0.29, 0.717) is 19.1 Å². The maximum atomic E-state index is 11.6. The Bertz CT molecular complexity index is 195. The highest BCUT2D eigenvalue weighted by Gasteiger charge is 2.25. The minimum Gasteiger partial charge on any atom is -0.374 e. The first kappa shape index (κ1) is 11.5. The van der Waals surface area contributed by atoms with E-state index in [0.717, 1.165) is 13.1 Å². The lowest BCUT2D eigenvalue weighted by Crippen LogP contribution is -2.49. The van der Waals surface area contributed by atoms with Crippen molar-refractivity contribution in [3.05, 3.63) is 0 Å². The summed E-state index contributed by atoms with van der Waals surface area (Å²) in [5, 5.41) is 2.88. The number of morpholine rings is 1. The standard InChI is InChI=1S/C10H20N2O2/c1-8(2)9-7-12(4-5-14-9)10(13)6-11-3/h8-9,11H,4-7H2,1-3H3. The van der Waals surface area contributed by atoms with Gasteiger partial charge in [-0.3, -0.25) is 4.79 Å². The molecule has 1 aliphatic rings. The first-order valence-electron chi connectivity index (χ1n) is 5.19. The van der Waals surface area contributed by atoms with Crippen LogP contribution in [0.2, 0.25) is 0 Å². The van der Waals surface area contributed by atoms with Gasteiger partial charge in [0, 0.05) is 13.1 Å².